The summed E-state index contributed by atoms with van der Waals surface area (Å²) in [6.45, 7) is 1.81. The molecule has 0 fully saturated rings. The number of aromatic nitrogens is 2. The standard InChI is InChI=1S/C9H8N2O2/c1-6-3-2-4-7-8(6)9(12)10-5-11(7)13/h2-5,13H,1H3. The smallest absolute Gasteiger partial charge is 0.281 e. The van der Waals surface area contributed by atoms with Gasteiger partial charge in [-0.25, -0.2) is 0 Å². The van der Waals surface area contributed by atoms with Crippen LogP contribution in [-0.4, -0.2) is 14.9 Å². The fraction of sp³-hybridized carbons (Fsp3) is 0.111. The second-order valence-corrected chi connectivity index (χ2v) is 2.86. The van der Waals surface area contributed by atoms with Crippen LogP contribution in [0.1, 0.15) is 5.56 Å². The minimum absolute atomic E-state index is 0.307. The van der Waals surface area contributed by atoms with Crippen LogP contribution in [0.2, 0.25) is 0 Å². The van der Waals surface area contributed by atoms with E-state index in [4.69, 9.17) is 0 Å². The van der Waals surface area contributed by atoms with Crippen LogP contribution < -0.4 is 5.56 Å². The second-order valence-electron chi connectivity index (χ2n) is 2.86. The van der Waals surface area contributed by atoms with Crippen LogP contribution in [0.4, 0.5) is 0 Å². The first kappa shape index (κ1) is 7.79. The van der Waals surface area contributed by atoms with Gasteiger partial charge in [0.25, 0.3) is 5.56 Å². The highest BCUT2D eigenvalue weighted by atomic mass is 16.5. The van der Waals surface area contributed by atoms with Crippen molar-refractivity contribution in [2.24, 2.45) is 0 Å². The predicted molar refractivity (Wildman–Crippen MR) is 47.9 cm³/mol. The number of nitrogens with zero attached hydrogens (tertiary/aromatic N) is 2. The van der Waals surface area contributed by atoms with E-state index in [0.717, 1.165) is 16.6 Å². The Kier molecular flexibility index (Phi) is 1.55. The Morgan fingerprint density at radius 3 is 2.92 bits per heavy atom. The van der Waals surface area contributed by atoms with Gasteiger partial charge in [-0.05, 0) is 18.6 Å². The molecule has 2 aromatic rings. The molecular formula is C9H8N2O2. The molecule has 0 aliphatic carbocycles. The molecule has 13 heavy (non-hydrogen) atoms. The van der Waals surface area contributed by atoms with Gasteiger partial charge in [0.05, 0.1) is 10.9 Å². The summed E-state index contributed by atoms with van der Waals surface area (Å²) in [6, 6.07) is 5.26. The zero-order valence-electron chi connectivity index (χ0n) is 7.06. The summed E-state index contributed by atoms with van der Waals surface area (Å²) in [5.74, 6) is 0. The second kappa shape index (κ2) is 2.58. The maximum atomic E-state index is 11.3. The van der Waals surface area contributed by atoms with Crippen molar-refractivity contribution in [3.63, 3.8) is 0 Å². The molecule has 0 amide bonds. The largest absolute Gasteiger partial charge is 0.427 e. The summed E-state index contributed by atoms with van der Waals surface area (Å²) in [5.41, 5.74) is 0.997. The van der Waals surface area contributed by atoms with Crippen molar-refractivity contribution in [2.45, 2.75) is 6.92 Å². The van der Waals surface area contributed by atoms with Crippen LogP contribution in [0.25, 0.3) is 10.9 Å². The lowest BCUT2D eigenvalue weighted by molar-refractivity contribution is 0.194. The van der Waals surface area contributed by atoms with Crippen LogP contribution in [0.3, 0.4) is 0 Å². The summed E-state index contributed by atoms with van der Waals surface area (Å²) >= 11 is 0. The molecule has 0 radical (unpaired) electrons. The van der Waals surface area contributed by atoms with Gasteiger partial charge in [0.1, 0.15) is 6.33 Å². The van der Waals surface area contributed by atoms with Crippen molar-refractivity contribution in [2.75, 3.05) is 0 Å². The molecule has 4 heteroatoms. The Morgan fingerprint density at radius 2 is 2.23 bits per heavy atom. The normalized spacial score (nSPS) is 10.5. The van der Waals surface area contributed by atoms with E-state index in [9.17, 15) is 10.0 Å². The van der Waals surface area contributed by atoms with Crippen molar-refractivity contribution in [1.29, 1.82) is 0 Å². The average molecular weight is 176 g/mol. The monoisotopic (exact) mass is 176 g/mol. The maximum Gasteiger partial charge on any atom is 0.281 e. The van der Waals surface area contributed by atoms with E-state index in [1.807, 2.05) is 13.0 Å². The maximum absolute atomic E-state index is 11.3. The SMILES string of the molecule is Cc1cccc2c1c(=O)ncn2O. The molecule has 0 saturated carbocycles. The van der Waals surface area contributed by atoms with E-state index in [2.05, 4.69) is 4.98 Å². The molecule has 1 N–H and O–H groups in total. The quantitative estimate of drug-likeness (QED) is 0.608. The van der Waals surface area contributed by atoms with Gasteiger partial charge >= 0.3 is 0 Å². The highest BCUT2D eigenvalue weighted by molar-refractivity contribution is 5.80. The lowest BCUT2D eigenvalue weighted by Gasteiger charge is -2.03. The predicted octanol–water partition coefficient (Wildman–Crippen LogP) is 0.942. The first-order chi connectivity index (χ1) is 6.20. The molecule has 1 heterocycles. The fourth-order valence-electron chi connectivity index (χ4n) is 1.36. The highest BCUT2D eigenvalue weighted by Gasteiger charge is 2.04. The van der Waals surface area contributed by atoms with E-state index in [0.29, 0.717) is 10.9 Å². The topological polar surface area (TPSA) is 55.1 Å². The third kappa shape index (κ3) is 1.07. The Labute approximate surface area is 74.0 Å². The van der Waals surface area contributed by atoms with E-state index in [1.54, 1.807) is 12.1 Å². The molecule has 66 valence electrons. The van der Waals surface area contributed by atoms with Crippen LogP contribution >= 0.6 is 0 Å². The number of aryl methyl sites for hydroxylation is 1. The Balaban J connectivity index is 3.09. The number of hydrogen-bond acceptors (Lipinski definition) is 3. The van der Waals surface area contributed by atoms with Gasteiger partial charge in [0.2, 0.25) is 0 Å². The molecular weight excluding hydrogens is 168 g/mol. The van der Waals surface area contributed by atoms with E-state index in [1.165, 1.54) is 0 Å². The molecule has 4 nitrogen and oxygen atoms in total. The van der Waals surface area contributed by atoms with Crippen LogP contribution in [0.5, 0.6) is 0 Å². The van der Waals surface area contributed by atoms with Gasteiger partial charge in [-0.1, -0.05) is 12.1 Å². The lowest BCUT2D eigenvalue weighted by atomic mass is 10.1. The molecule has 0 unspecified atom stereocenters. The molecule has 1 aromatic heterocycles. The van der Waals surface area contributed by atoms with Crippen molar-refractivity contribution >= 4 is 10.9 Å². The van der Waals surface area contributed by atoms with E-state index < -0.39 is 0 Å². The summed E-state index contributed by atoms with van der Waals surface area (Å²) in [5, 5.41) is 9.80. The van der Waals surface area contributed by atoms with Crippen molar-refractivity contribution in [3.05, 3.63) is 40.4 Å². The average Bonchev–Trinajstić information content (AvgIpc) is 2.12. The third-order valence-corrected chi connectivity index (χ3v) is 2.00. The van der Waals surface area contributed by atoms with Gasteiger partial charge in [0, 0.05) is 0 Å². The zero-order valence-corrected chi connectivity index (χ0v) is 7.06. The molecule has 0 aliphatic rings. The third-order valence-electron chi connectivity index (χ3n) is 2.00. The van der Waals surface area contributed by atoms with Crippen LogP contribution in [0.15, 0.2) is 29.3 Å². The summed E-state index contributed by atoms with van der Waals surface area (Å²) in [4.78, 5) is 14.8. The summed E-state index contributed by atoms with van der Waals surface area (Å²) in [7, 11) is 0. The molecule has 0 aliphatic heterocycles. The number of benzene rings is 1. The number of fused-ring (bicyclic) bond motifs is 1. The molecule has 0 spiro atoms. The Bertz CT molecular complexity index is 516. The zero-order chi connectivity index (χ0) is 9.42. The molecule has 0 atom stereocenters. The van der Waals surface area contributed by atoms with E-state index in [-0.39, 0.29) is 5.56 Å². The Morgan fingerprint density at radius 1 is 1.46 bits per heavy atom. The lowest BCUT2D eigenvalue weighted by Crippen LogP contribution is -2.11. The minimum atomic E-state index is -0.307. The first-order valence-electron chi connectivity index (χ1n) is 3.86. The summed E-state index contributed by atoms with van der Waals surface area (Å²) in [6.07, 6.45) is 1.10. The number of hydrogen-bond donors (Lipinski definition) is 1. The molecule has 1 aromatic carbocycles. The fourth-order valence-corrected chi connectivity index (χ4v) is 1.36. The van der Waals surface area contributed by atoms with Gasteiger partial charge in [-0.2, -0.15) is 9.71 Å². The minimum Gasteiger partial charge on any atom is -0.427 e. The van der Waals surface area contributed by atoms with Gasteiger partial charge < -0.3 is 5.21 Å². The number of rotatable bonds is 0. The Hall–Kier alpha value is -1.84. The van der Waals surface area contributed by atoms with Gasteiger partial charge in [-0.3, -0.25) is 4.79 Å². The van der Waals surface area contributed by atoms with Gasteiger partial charge in [-0.15, -0.1) is 0 Å². The van der Waals surface area contributed by atoms with Crippen molar-refractivity contribution < 1.29 is 5.21 Å². The van der Waals surface area contributed by atoms with Crippen LogP contribution in [-0.2, 0) is 0 Å². The first-order valence-corrected chi connectivity index (χ1v) is 3.86. The van der Waals surface area contributed by atoms with Crippen molar-refractivity contribution in [3.8, 4) is 0 Å². The van der Waals surface area contributed by atoms with Crippen molar-refractivity contribution in [1.82, 2.24) is 9.71 Å². The molecule has 0 saturated heterocycles. The van der Waals surface area contributed by atoms with Crippen LogP contribution in [0, 0.1) is 6.92 Å². The summed E-state index contributed by atoms with van der Waals surface area (Å²) < 4.78 is 0.851. The molecule has 2 rings (SSSR count). The van der Waals surface area contributed by atoms with E-state index >= 15 is 0 Å². The molecule has 0 bridgehead atoms. The van der Waals surface area contributed by atoms with Gasteiger partial charge in [0.15, 0.2) is 0 Å². The highest BCUT2D eigenvalue weighted by Crippen LogP contribution is 2.11.